The maximum Gasteiger partial charge on any atom is 0.258 e. The Kier molecular flexibility index (Phi) is 20.0. The van der Waals surface area contributed by atoms with Gasteiger partial charge in [-0.3, -0.25) is 28.8 Å². The lowest BCUT2D eigenvalue weighted by atomic mass is 10.1. The third kappa shape index (κ3) is 14.3. The standard InChI is InChI=1S/C48H45Cl5N8O8/c1-26(62)43(60-58-37-9-5-7-32(41(37)52)45(64)56-35-14-11-28(17-20-49)23-39(35)68-3)47(66)54-31-13-16-34(30(25-31)19-22-51)55-48(67)44(27(2)63)61-59-38-10-6-8-33(42(38)53)46(65)57-36-15-12-29(18-21-50)24-40(36)69-4/h5-16,23-25,43-44H,17-22H2,1-4H3,(H,54,66)(H,55,67)(H,56,64)(H,57,65). The molecule has 5 aromatic rings. The van der Waals surface area contributed by atoms with Crippen molar-refractivity contribution in [3.63, 3.8) is 0 Å². The number of carbonyl (C=O) groups excluding carboxylic acids is 6. The van der Waals surface area contributed by atoms with E-state index in [1.807, 2.05) is 0 Å². The van der Waals surface area contributed by atoms with Gasteiger partial charge in [-0.2, -0.15) is 20.5 Å². The van der Waals surface area contributed by atoms with Crippen LogP contribution < -0.4 is 30.7 Å². The van der Waals surface area contributed by atoms with Crippen molar-refractivity contribution in [2.24, 2.45) is 20.5 Å². The molecule has 5 rings (SSSR count). The highest BCUT2D eigenvalue weighted by molar-refractivity contribution is 6.37. The lowest BCUT2D eigenvalue weighted by Crippen LogP contribution is -2.32. The van der Waals surface area contributed by atoms with Gasteiger partial charge in [-0.25, -0.2) is 0 Å². The zero-order chi connectivity index (χ0) is 50.2. The van der Waals surface area contributed by atoms with Gasteiger partial charge in [-0.15, -0.1) is 34.8 Å². The minimum atomic E-state index is -1.63. The van der Waals surface area contributed by atoms with Crippen LogP contribution in [-0.2, 0) is 38.4 Å². The van der Waals surface area contributed by atoms with Crippen LogP contribution >= 0.6 is 58.0 Å². The van der Waals surface area contributed by atoms with E-state index in [1.165, 1.54) is 68.8 Å². The second kappa shape index (κ2) is 25.8. The number of nitrogens with one attached hydrogen (secondary N) is 4. The van der Waals surface area contributed by atoms with Gasteiger partial charge in [0.2, 0.25) is 12.1 Å². The van der Waals surface area contributed by atoms with Crippen molar-refractivity contribution in [2.45, 2.75) is 45.2 Å². The average molecular weight is 1040 g/mol. The van der Waals surface area contributed by atoms with Crippen LogP contribution in [0.4, 0.5) is 34.1 Å². The van der Waals surface area contributed by atoms with Crippen molar-refractivity contribution >= 4 is 127 Å². The highest BCUT2D eigenvalue weighted by Crippen LogP contribution is 2.34. The Balaban J connectivity index is 1.28. The number of azo groups is 2. The molecule has 0 aliphatic carbocycles. The van der Waals surface area contributed by atoms with Crippen LogP contribution in [0.25, 0.3) is 0 Å². The Labute approximate surface area is 422 Å². The molecule has 21 heteroatoms. The summed E-state index contributed by atoms with van der Waals surface area (Å²) in [5, 5.41) is 26.8. The minimum Gasteiger partial charge on any atom is -0.495 e. The maximum atomic E-state index is 13.6. The Bertz CT molecular complexity index is 2810. The molecule has 69 heavy (non-hydrogen) atoms. The number of amides is 4. The van der Waals surface area contributed by atoms with Crippen molar-refractivity contribution in [2.75, 3.05) is 53.1 Å². The Morgan fingerprint density at radius 3 is 1.39 bits per heavy atom. The van der Waals surface area contributed by atoms with Crippen molar-refractivity contribution < 1.29 is 38.2 Å². The van der Waals surface area contributed by atoms with E-state index in [2.05, 4.69) is 41.7 Å². The van der Waals surface area contributed by atoms with Gasteiger partial charge in [0.05, 0.1) is 46.8 Å². The Hall–Kier alpha value is -6.43. The number of methoxy groups -OCH3 is 2. The summed E-state index contributed by atoms with van der Waals surface area (Å²) in [4.78, 5) is 79.1. The van der Waals surface area contributed by atoms with Gasteiger partial charge < -0.3 is 30.7 Å². The number of Topliss-reactive ketones (excluding diaryl/α,β-unsaturated/α-hetero) is 2. The number of benzene rings is 5. The predicted octanol–water partition coefficient (Wildman–Crippen LogP) is 11.2. The average Bonchev–Trinajstić information content (AvgIpc) is 3.31. The fraction of sp³-hybridized carbons (Fsp3) is 0.250. The number of aryl methyl sites for hydroxylation is 3. The number of ketones is 2. The number of nitrogens with zero attached hydrogens (tertiary/aromatic N) is 4. The molecule has 0 heterocycles. The highest BCUT2D eigenvalue weighted by atomic mass is 35.5. The van der Waals surface area contributed by atoms with Crippen molar-refractivity contribution in [1.29, 1.82) is 0 Å². The lowest BCUT2D eigenvalue weighted by Gasteiger charge is -2.16. The van der Waals surface area contributed by atoms with Crippen LogP contribution in [0.3, 0.4) is 0 Å². The smallest absolute Gasteiger partial charge is 0.258 e. The quantitative estimate of drug-likeness (QED) is 0.0296. The maximum absolute atomic E-state index is 13.6. The molecule has 4 N–H and O–H groups in total. The third-order valence-corrected chi connectivity index (χ3v) is 11.4. The number of carbonyl (C=O) groups is 6. The summed E-state index contributed by atoms with van der Waals surface area (Å²) in [6, 6.07) is 20.6. The van der Waals surface area contributed by atoms with Crippen molar-refractivity contribution in [1.82, 2.24) is 0 Å². The van der Waals surface area contributed by atoms with Gasteiger partial charge in [0.1, 0.15) is 22.9 Å². The van der Waals surface area contributed by atoms with Crippen LogP contribution in [0.5, 0.6) is 11.5 Å². The van der Waals surface area contributed by atoms with Crippen LogP contribution in [-0.4, -0.2) is 79.1 Å². The molecular formula is C48H45Cl5N8O8. The second-order valence-electron chi connectivity index (χ2n) is 14.9. The van der Waals surface area contributed by atoms with Gasteiger partial charge in [0.25, 0.3) is 23.6 Å². The molecule has 0 aliphatic rings. The van der Waals surface area contributed by atoms with Crippen molar-refractivity contribution in [3.8, 4) is 11.5 Å². The molecule has 0 aliphatic heterocycles. The van der Waals surface area contributed by atoms with Gasteiger partial charge in [0.15, 0.2) is 11.6 Å². The number of ether oxygens (including phenoxy) is 2. The number of rotatable bonds is 22. The van der Waals surface area contributed by atoms with E-state index < -0.39 is 47.3 Å². The number of halogens is 5. The number of alkyl halides is 3. The Morgan fingerprint density at radius 1 is 0.536 bits per heavy atom. The SMILES string of the molecule is COc1cc(CCCl)ccc1NC(=O)c1cccc(N=NC(C(C)=O)C(=O)Nc2ccc(NC(=O)C(N=Nc3cccc(C(=O)Nc4ccc(CCCl)cc4OC)c3Cl)C(C)=O)c(CCCl)c2)c1Cl. The van der Waals surface area contributed by atoms with Crippen LogP contribution in [0.1, 0.15) is 51.3 Å². The summed E-state index contributed by atoms with van der Waals surface area (Å²) in [6.45, 7) is 2.32. The molecule has 0 saturated carbocycles. The summed E-state index contributed by atoms with van der Waals surface area (Å²) in [5.41, 5.74) is 3.64. The van der Waals surface area contributed by atoms with E-state index in [0.29, 0.717) is 53.0 Å². The molecular weight excluding hydrogens is 994 g/mol. The summed E-state index contributed by atoms with van der Waals surface area (Å²) < 4.78 is 10.9. The van der Waals surface area contributed by atoms with Crippen molar-refractivity contribution in [3.05, 3.63) is 129 Å². The monoisotopic (exact) mass is 1040 g/mol. The molecule has 16 nitrogen and oxygen atoms in total. The molecule has 2 atom stereocenters. The van der Waals surface area contributed by atoms with E-state index in [9.17, 15) is 28.8 Å². The molecule has 2 unspecified atom stereocenters. The largest absolute Gasteiger partial charge is 0.495 e. The van der Waals surface area contributed by atoms with Gasteiger partial charge in [-0.1, -0.05) is 47.5 Å². The first-order valence-corrected chi connectivity index (χ1v) is 23.3. The first-order chi connectivity index (χ1) is 33.1. The van der Waals surface area contributed by atoms with Crippen LogP contribution in [0.15, 0.2) is 111 Å². The second-order valence-corrected chi connectivity index (χ2v) is 16.8. The van der Waals surface area contributed by atoms with Gasteiger partial charge >= 0.3 is 0 Å². The molecule has 0 spiro atoms. The minimum absolute atomic E-state index is 0.0147. The molecule has 0 fully saturated rings. The van der Waals surface area contributed by atoms with E-state index in [-0.39, 0.29) is 56.2 Å². The summed E-state index contributed by atoms with van der Waals surface area (Å²) >= 11 is 31.0. The van der Waals surface area contributed by atoms with E-state index in [1.54, 1.807) is 36.4 Å². The lowest BCUT2D eigenvalue weighted by molar-refractivity contribution is -0.127. The predicted molar refractivity (Wildman–Crippen MR) is 270 cm³/mol. The van der Waals surface area contributed by atoms with Gasteiger partial charge in [0, 0.05) is 29.0 Å². The van der Waals surface area contributed by atoms with Gasteiger partial charge in [-0.05, 0) is 117 Å². The van der Waals surface area contributed by atoms with E-state index >= 15 is 0 Å². The zero-order valence-electron chi connectivity index (χ0n) is 37.5. The molecule has 0 aromatic heterocycles. The molecule has 0 bridgehead atoms. The highest BCUT2D eigenvalue weighted by Gasteiger charge is 2.27. The molecule has 360 valence electrons. The zero-order valence-corrected chi connectivity index (χ0v) is 41.3. The molecule has 4 amide bonds. The number of hydrogen-bond donors (Lipinski definition) is 4. The summed E-state index contributed by atoms with van der Waals surface area (Å²) in [5.74, 6) is -2.39. The molecule has 5 aromatic carbocycles. The summed E-state index contributed by atoms with van der Waals surface area (Å²) in [6.07, 6.45) is 1.41. The van der Waals surface area contributed by atoms with Crippen LogP contribution in [0, 0.1) is 0 Å². The first kappa shape index (κ1) is 53.5. The van der Waals surface area contributed by atoms with E-state index in [0.717, 1.165) is 25.0 Å². The molecule has 0 saturated heterocycles. The number of hydrogen-bond acceptors (Lipinski definition) is 12. The fourth-order valence-electron chi connectivity index (χ4n) is 6.52. The Morgan fingerprint density at radius 2 is 0.971 bits per heavy atom. The number of anilines is 4. The topological polar surface area (TPSA) is 218 Å². The normalized spacial score (nSPS) is 12.0. The molecule has 0 radical (unpaired) electrons. The first-order valence-electron chi connectivity index (χ1n) is 20.9. The summed E-state index contributed by atoms with van der Waals surface area (Å²) in [7, 11) is 2.94. The fourth-order valence-corrected chi connectivity index (χ4v) is 7.66. The van der Waals surface area contributed by atoms with E-state index in [4.69, 9.17) is 67.5 Å². The third-order valence-electron chi connectivity index (χ3n) is 10.1. The van der Waals surface area contributed by atoms with Crippen LogP contribution in [0.2, 0.25) is 10.0 Å².